The van der Waals surface area contributed by atoms with E-state index in [1.54, 1.807) is 0 Å². The Morgan fingerprint density at radius 1 is 1.03 bits per heavy atom. The molecule has 2 saturated heterocycles. The van der Waals surface area contributed by atoms with Crippen molar-refractivity contribution in [1.29, 1.82) is 0 Å². The molecule has 1 aliphatic carbocycles. The number of hydrazine groups is 1. The van der Waals surface area contributed by atoms with Crippen molar-refractivity contribution in [2.45, 2.75) is 68.7 Å². The molecule has 32 heavy (non-hydrogen) atoms. The fourth-order valence-electron chi connectivity index (χ4n) is 4.69. The van der Waals surface area contributed by atoms with Gasteiger partial charge in [-0.25, -0.2) is 13.2 Å². The van der Waals surface area contributed by atoms with Crippen LogP contribution in [-0.4, -0.2) is 54.2 Å². The number of nitrogens with one attached hydrogen (secondary N) is 2. The van der Waals surface area contributed by atoms with Gasteiger partial charge in [-0.1, -0.05) is 19.8 Å². The van der Waals surface area contributed by atoms with Crippen molar-refractivity contribution in [2.24, 2.45) is 5.92 Å². The summed E-state index contributed by atoms with van der Waals surface area (Å²) in [6, 6.07) is 4.95. The molecule has 0 bridgehead atoms. The van der Waals surface area contributed by atoms with Gasteiger partial charge in [0.05, 0.1) is 4.90 Å². The lowest BCUT2D eigenvalue weighted by atomic mass is 9.77. The van der Waals surface area contributed by atoms with Crippen LogP contribution in [0.3, 0.4) is 0 Å². The summed E-state index contributed by atoms with van der Waals surface area (Å²) in [4.78, 5) is 38.1. The number of carbonyl (C=O) groups is 3. The predicted octanol–water partition coefficient (Wildman–Crippen LogP) is 2.40. The summed E-state index contributed by atoms with van der Waals surface area (Å²) in [5.74, 6) is -0.588. The number of sulfonamides is 1. The summed E-state index contributed by atoms with van der Waals surface area (Å²) in [5, 5.41) is 3.51. The van der Waals surface area contributed by atoms with Crippen LogP contribution in [0.2, 0.25) is 0 Å². The molecule has 1 aromatic carbocycles. The summed E-state index contributed by atoms with van der Waals surface area (Å²) in [6.45, 7) is 3.11. The fourth-order valence-corrected chi connectivity index (χ4v) is 6.21. The molecule has 2 aliphatic heterocycles. The molecule has 1 aromatic rings. The molecular weight excluding hydrogens is 432 g/mol. The maximum Gasteiger partial charge on any atom is 0.344 e. The van der Waals surface area contributed by atoms with Crippen LogP contribution < -0.4 is 10.7 Å². The van der Waals surface area contributed by atoms with Crippen LogP contribution in [0, 0.1) is 5.92 Å². The molecule has 2 heterocycles. The number of imide groups is 1. The minimum atomic E-state index is -3.62. The van der Waals surface area contributed by atoms with Crippen molar-refractivity contribution in [3.8, 4) is 0 Å². The Hall–Kier alpha value is -2.46. The number of amides is 4. The molecule has 0 unspecified atom stereocenters. The minimum absolute atomic E-state index is 0.126. The highest BCUT2D eigenvalue weighted by atomic mass is 32.2. The summed E-state index contributed by atoms with van der Waals surface area (Å²) in [6.07, 6.45) is 6.49. The van der Waals surface area contributed by atoms with E-state index in [0.29, 0.717) is 31.8 Å². The average Bonchev–Trinajstić information content (AvgIpc) is 2.98. The van der Waals surface area contributed by atoms with E-state index in [0.717, 1.165) is 43.5 Å². The molecule has 2 N–H and O–H groups in total. The van der Waals surface area contributed by atoms with Gasteiger partial charge < -0.3 is 5.32 Å². The van der Waals surface area contributed by atoms with Gasteiger partial charge in [-0.05, 0) is 68.7 Å². The molecule has 0 radical (unpaired) electrons. The zero-order chi connectivity index (χ0) is 22.9. The lowest BCUT2D eigenvalue weighted by Gasteiger charge is -2.33. The third kappa shape index (κ3) is 4.25. The van der Waals surface area contributed by atoms with Gasteiger partial charge in [0.2, 0.25) is 10.0 Å². The summed E-state index contributed by atoms with van der Waals surface area (Å²) < 4.78 is 27.3. The van der Waals surface area contributed by atoms with Crippen molar-refractivity contribution in [2.75, 3.05) is 13.1 Å². The smallest absolute Gasteiger partial charge is 0.322 e. The van der Waals surface area contributed by atoms with Gasteiger partial charge in [-0.3, -0.25) is 15.0 Å². The molecule has 1 saturated carbocycles. The first kappa shape index (κ1) is 22.7. The predicted molar refractivity (Wildman–Crippen MR) is 117 cm³/mol. The number of carbonyl (C=O) groups excluding carboxylic acids is 3. The first-order valence-electron chi connectivity index (χ1n) is 11.3. The van der Waals surface area contributed by atoms with Gasteiger partial charge in [-0.15, -0.1) is 0 Å². The molecule has 10 heteroatoms. The molecule has 174 valence electrons. The molecule has 3 aliphatic rings. The first-order valence-corrected chi connectivity index (χ1v) is 12.7. The molecule has 3 fully saturated rings. The van der Waals surface area contributed by atoms with E-state index in [-0.39, 0.29) is 10.5 Å². The number of nitrogens with zero attached hydrogens (tertiary/aromatic N) is 2. The molecule has 4 rings (SSSR count). The molecule has 0 atom stereocenters. The van der Waals surface area contributed by atoms with Crippen LogP contribution in [0.1, 0.15) is 68.6 Å². The number of urea groups is 1. The normalized spacial score (nSPS) is 27.3. The van der Waals surface area contributed by atoms with Crippen molar-refractivity contribution in [3.63, 3.8) is 0 Å². The highest BCUT2D eigenvalue weighted by Crippen LogP contribution is 2.35. The van der Waals surface area contributed by atoms with Gasteiger partial charge >= 0.3 is 6.03 Å². The zero-order valence-corrected chi connectivity index (χ0v) is 19.1. The number of hydrogen-bond donors (Lipinski definition) is 2. The van der Waals surface area contributed by atoms with Crippen LogP contribution in [0.25, 0.3) is 0 Å². The Balaban J connectivity index is 1.44. The number of hydrogen-bond acceptors (Lipinski definition) is 5. The molecule has 9 nitrogen and oxygen atoms in total. The third-order valence-corrected chi connectivity index (χ3v) is 8.74. The standard InChI is InChI=1S/C22H30N4O5S/c1-16-10-12-22(13-11-16)20(28)26(21(29)23-22)24-19(27)17-6-8-18(9-7-17)32(30,31)25-14-4-2-3-5-15-25/h6-9,16H,2-5,10-15H2,1H3,(H,23,29)(H,24,27). The first-order chi connectivity index (χ1) is 15.2. The number of benzene rings is 1. The summed E-state index contributed by atoms with van der Waals surface area (Å²) in [7, 11) is -3.62. The Kier molecular flexibility index (Phi) is 6.26. The second-order valence-electron chi connectivity index (χ2n) is 9.12. The Morgan fingerprint density at radius 3 is 2.22 bits per heavy atom. The van der Waals surface area contributed by atoms with Crippen LogP contribution in [0.5, 0.6) is 0 Å². The maximum absolute atomic E-state index is 12.9. The molecular formula is C22H30N4O5S. The van der Waals surface area contributed by atoms with Crippen molar-refractivity contribution >= 4 is 27.9 Å². The molecule has 4 amide bonds. The highest BCUT2D eigenvalue weighted by molar-refractivity contribution is 7.89. The Labute approximate surface area is 188 Å². The topological polar surface area (TPSA) is 116 Å². The Morgan fingerprint density at radius 2 is 1.62 bits per heavy atom. The zero-order valence-electron chi connectivity index (χ0n) is 18.3. The largest absolute Gasteiger partial charge is 0.344 e. The van der Waals surface area contributed by atoms with Gasteiger partial charge in [0.25, 0.3) is 11.8 Å². The van der Waals surface area contributed by atoms with E-state index in [2.05, 4.69) is 17.7 Å². The van der Waals surface area contributed by atoms with Gasteiger partial charge in [0.15, 0.2) is 0 Å². The molecule has 0 aromatic heterocycles. The van der Waals surface area contributed by atoms with Crippen LogP contribution in [0.4, 0.5) is 4.79 Å². The Bertz CT molecular complexity index is 992. The monoisotopic (exact) mass is 462 g/mol. The van der Waals surface area contributed by atoms with E-state index in [1.807, 2.05) is 0 Å². The third-order valence-electron chi connectivity index (χ3n) is 6.82. The fraction of sp³-hybridized carbons (Fsp3) is 0.591. The van der Waals surface area contributed by atoms with E-state index in [4.69, 9.17) is 0 Å². The van der Waals surface area contributed by atoms with Gasteiger partial charge in [0, 0.05) is 18.7 Å². The lowest BCUT2D eigenvalue weighted by molar-refractivity contribution is -0.134. The van der Waals surface area contributed by atoms with E-state index in [1.165, 1.54) is 28.6 Å². The SMILES string of the molecule is CC1CCC2(CC1)NC(=O)N(NC(=O)c1ccc(S(=O)(=O)N3CCCCCC3)cc1)C2=O. The second kappa shape index (κ2) is 8.82. The second-order valence-corrected chi connectivity index (χ2v) is 11.1. The van der Waals surface area contributed by atoms with Gasteiger partial charge in [0.1, 0.15) is 5.54 Å². The highest BCUT2D eigenvalue weighted by Gasteiger charge is 2.52. The lowest BCUT2D eigenvalue weighted by Crippen LogP contribution is -2.51. The van der Waals surface area contributed by atoms with E-state index < -0.39 is 33.4 Å². The van der Waals surface area contributed by atoms with Crippen molar-refractivity contribution in [3.05, 3.63) is 29.8 Å². The summed E-state index contributed by atoms with van der Waals surface area (Å²) >= 11 is 0. The van der Waals surface area contributed by atoms with Crippen LogP contribution in [0.15, 0.2) is 29.2 Å². The van der Waals surface area contributed by atoms with Crippen molar-refractivity contribution < 1.29 is 22.8 Å². The average molecular weight is 463 g/mol. The van der Waals surface area contributed by atoms with Gasteiger partial charge in [-0.2, -0.15) is 9.31 Å². The summed E-state index contributed by atoms with van der Waals surface area (Å²) in [5.41, 5.74) is 1.60. The van der Waals surface area contributed by atoms with Crippen molar-refractivity contribution in [1.82, 2.24) is 20.1 Å². The van der Waals surface area contributed by atoms with E-state index >= 15 is 0 Å². The number of rotatable bonds is 4. The van der Waals surface area contributed by atoms with Crippen LogP contribution in [-0.2, 0) is 14.8 Å². The maximum atomic E-state index is 12.9. The molecule has 1 spiro atoms. The van der Waals surface area contributed by atoms with Crippen LogP contribution >= 0.6 is 0 Å². The quantitative estimate of drug-likeness (QED) is 0.667. The van der Waals surface area contributed by atoms with E-state index in [9.17, 15) is 22.8 Å². The minimum Gasteiger partial charge on any atom is -0.322 e.